The minimum absolute atomic E-state index is 0.268. The average Bonchev–Trinajstić information content (AvgIpc) is 2.62. The van der Waals surface area contributed by atoms with Crippen molar-refractivity contribution in [3.63, 3.8) is 0 Å². The lowest BCUT2D eigenvalue weighted by atomic mass is 10.2. The molecule has 0 aliphatic rings. The summed E-state index contributed by atoms with van der Waals surface area (Å²) in [7, 11) is 0. The van der Waals surface area contributed by atoms with Crippen molar-refractivity contribution in [1.29, 1.82) is 0 Å². The summed E-state index contributed by atoms with van der Waals surface area (Å²) < 4.78 is 12.0. The van der Waals surface area contributed by atoms with Crippen LogP contribution in [0.1, 0.15) is 15.9 Å². The van der Waals surface area contributed by atoms with Gasteiger partial charge in [-0.25, -0.2) is 4.79 Å². The monoisotopic (exact) mass is 416 g/mol. The number of benzene rings is 3. The molecule has 0 radical (unpaired) electrons. The van der Waals surface area contributed by atoms with Crippen LogP contribution in [0.25, 0.3) is 0 Å². The number of rotatable bonds is 5. The first kappa shape index (κ1) is 17.5. The lowest BCUT2D eigenvalue weighted by Crippen LogP contribution is -2.09. The Labute approximate surface area is 159 Å². The summed E-state index contributed by atoms with van der Waals surface area (Å²) in [6.07, 6.45) is 0. The summed E-state index contributed by atoms with van der Waals surface area (Å²) in [5.74, 6) is 0.223. The lowest BCUT2D eigenvalue weighted by Gasteiger charge is -2.14. The molecule has 25 heavy (non-hydrogen) atoms. The van der Waals surface area contributed by atoms with Crippen LogP contribution in [0, 0.1) is 0 Å². The fourth-order valence-corrected chi connectivity index (χ4v) is 3.11. The van der Waals surface area contributed by atoms with Crippen LogP contribution in [-0.4, -0.2) is 5.97 Å². The van der Waals surface area contributed by atoms with Crippen molar-refractivity contribution < 1.29 is 14.3 Å². The highest BCUT2D eigenvalue weighted by Crippen LogP contribution is 2.39. The van der Waals surface area contributed by atoms with Gasteiger partial charge in [-0.05, 0) is 39.7 Å². The molecule has 3 rings (SSSR count). The Morgan fingerprint density at radius 1 is 0.960 bits per heavy atom. The molecule has 0 unspecified atom stereocenters. The number of esters is 1. The van der Waals surface area contributed by atoms with Crippen LogP contribution >= 0.6 is 27.5 Å². The largest absolute Gasteiger partial charge is 0.484 e. The number of hydrogen-bond donors (Lipinski definition) is 0. The Bertz CT molecular complexity index is 867. The maximum absolute atomic E-state index is 12.3. The Morgan fingerprint density at radius 3 is 2.28 bits per heavy atom. The molecule has 0 aliphatic heterocycles. The van der Waals surface area contributed by atoms with E-state index in [1.54, 1.807) is 36.4 Å². The summed E-state index contributed by atoms with van der Waals surface area (Å²) in [5.41, 5.74) is 1.46. The fraction of sp³-hybridized carbons (Fsp3) is 0.0500. The summed E-state index contributed by atoms with van der Waals surface area (Å²) in [6, 6.07) is 21.7. The molecule has 0 atom stereocenters. The Balaban J connectivity index is 1.84. The van der Waals surface area contributed by atoms with Gasteiger partial charge in [0, 0.05) is 11.1 Å². The van der Waals surface area contributed by atoms with E-state index in [1.807, 2.05) is 36.4 Å². The molecule has 126 valence electrons. The van der Waals surface area contributed by atoms with Gasteiger partial charge in [-0.3, -0.25) is 0 Å². The zero-order valence-electron chi connectivity index (χ0n) is 13.1. The maximum atomic E-state index is 12.3. The predicted molar refractivity (Wildman–Crippen MR) is 101 cm³/mol. The van der Waals surface area contributed by atoms with Crippen LogP contribution < -0.4 is 9.47 Å². The molecule has 0 aromatic heterocycles. The molecule has 3 aromatic carbocycles. The van der Waals surface area contributed by atoms with E-state index in [1.165, 1.54) is 0 Å². The predicted octanol–water partition coefficient (Wildman–Crippen LogP) is 5.90. The van der Waals surface area contributed by atoms with E-state index in [4.69, 9.17) is 21.1 Å². The van der Waals surface area contributed by atoms with Crippen LogP contribution in [0.4, 0.5) is 0 Å². The smallest absolute Gasteiger partial charge is 0.343 e. The van der Waals surface area contributed by atoms with Crippen LogP contribution in [-0.2, 0) is 6.61 Å². The molecule has 0 N–H and O–H groups in total. The lowest BCUT2D eigenvalue weighted by molar-refractivity contribution is 0.0727. The van der Waals surface area contributed by atoms with Gasteiger partial charge in [0.25, 0.3) is 0 Å². The zero-order chi connectivity index (χ0) is 17.6. The van der Waals surface area contributed by atoms with Crippen LogP contribution in [0.15, 0.2) is 77.3 Å². The van der Waals surface area contributed by atoms with Crippen molar-refractivity contribution in [2.75, 3.05) is 0 Å². The number of carbonyl (C=O) groups excluding carboxylic acids is 1. The van der Waals surface area contributed by atoms with Gasteiger partial charge >= 0.3 is 5.97 Å². The SMILES string of the molecule is O=C(Oc1cc(Cl)cc(Br)c1OCc1ccccc1)c1ccccc1. The molecule has 0 aliphatic carbocycles. The molecule has 0 heterocycles. The van der Waals surface area contributed by atoms with E-state index < -0.39 is 5.97 Å². The van der Waals surface area contributed by atoms with Crippen LogP contribution in [0.2, 0.25) is 5.02 Å². The Kier molecular flexibility index (Phi) is 5.74. The maximum Gasteiger partial charge on any atom is 0.343 e. The fourth-order valence-electron chi connectivity index (χ4n) is 2.22. The van der Waals surface area contributed by atoms with Crippen molar-refractivity contribution in [2.24, 2.45) is 0 Å². The molecule has 3 aromatic rings. The van der Waals surface area contributed by atoms with Crippen molar-refractivity contribution in [2.45, 2.75) is 6.61 Å². The van der Waals surface area contributed by atoms with Crippen LogP contribution in [0.5, 0.6) is 11.5 Å². The molecule has 5 heteroatoms. The third kappa shape index (κ3) is 4.62. The van der Waals surface area contributed by atoms with Gasteiger partial charge in [0.1, 0.15) is 6.61 Å². The zero-order valence-corrected chi connectivity index (χ0v) is 15.5. The highest BCUT2D eigenvalue weighted by Gasteiger charge is 2.16. The first-order chi connectivity index (χ1) is 12.1. The van der Waals surface area contributed by atoms with Gasteiger partial charge in [0.2, 0.25) is 0 Å². The van der Waals surface area contributed by atoms with Gasteiger partial charge < -0.3 is 9.47 Å². The van der Waals surface area contributed by atoms with Crippen LogP contribution in [0.3, 0.4) is 0 Å². The van der Waals surface area contributed by atoms with E-state index in [0.717, 1.165) is 5.56 Å². The van der Waals surface area contributed by atoms with Gasteiger partial charge in [0.05, 0.1) is 10.0 Å². The van der Waals surface area contributed by atoms with Gasteiger partial charge in [-0.15, -0.1) is 0 Å². The van der Waals surface area contributed by atoms with Crippen molar-refractivity contribution in [1.82, 2.24) is 0 Å². The molecule has 0 spiro atoms. The number of carbonyl (C=O) groups is 1. The van der Waals surface area contributed by atoms with Crippen molar-refractivity contribution in [3.8, 4) is 11.5 Å². The minimum Gasteiger partial charge on any atom is -0.484 e. The Hall–Kier alpha value is -2.30. The number of hydrogen-bond acceptors (Lipinski definition) is 3. The highest BCUT2D eigenvalue weighted by atomic mass is 79.9. The molecule has 3 nitrogen and oxygen atoms in total. The molecule has 0 saturated heterocycles. The van der Waals surface area contributed by atoms with Crippen molar-refractivity contribution >= 4 is 33.5 Å². The summed E-state index contributed by atoms with van der Waals surface area (Å²) in [4.78, 5) is 12.3. The molecule has 0 saturated carbocycles. The van der Waals surface area contributed by atoms with E-state index >= 15 is 0 Å². The second kappa shape index (κ2) is 8.19. The summed E-state index contributed by atoms with van der Waals surface area (Å²) >= 11 is 9.51. The van der Waals surface area contributed by atoms with E-state index in [9.17, 15) is 4.79 Å². The second-order valence-corrected chi connectivity index (χ2v) is 6.54. The van der Waals surface area contributed by atoms with E-state index in [2.05, 4.69) is 15.9 Å². The third-order valence-electron chi connectivity index (χ3n) is 3.41. The van der Waals surface area contributed by atoms with Gasteiger partial charge in [-0.1, -0.05) is 60.1 Å². The van der Waals surface area contributed by atoms with E-state index in [0.29, 0.717) is 27.4 Å². The number of ether oxygens (including phenoxy) is 2. The molecule has 0 amide bonds. The second-order valence-electron chi connectivity index (χ2n) is 5.24. The summed E-state index contributed by atoms with van der Waals surface area (Å²) in [5, 5.41) is 0.440. The van der Waals surface area contributed by atoms with Gasteiger partial charge in [-0.2, -0.15) is 0 Å². The highest BCUT2D eigenvalue weighted by molar-refractivity contribution is 9.10. The molecular weight excluding hydrogens is 404 g/mol. The average molecular weight is 418 g/mol. The molecule has 0 bridgehead atoms. The first-order valence-corrected chi connectivity index (χ1v) is 8.73. The normalized spacial score (nSPS) is 10.3. The van der Waals surface area contributed by atoms with Crippen molar-refractivity contribution in [3.05, 3.63) is 93.4 Å². The topological polar surface area (TPSA) is 35.5 Å². The quantitative estimate of drug-likeness (QED) is 0.383. The standard InChI is InChI=1S/C20H14BrClO3/c21-17-11-16(22)12-18(25-20(23)15-9-5-2-6-10-15)19(17)24-13-14-7-3-1-4-8-14/h1-12H,13H2. The minimum atomic E-state index is -0.473. The first-order valence-electron chi connectivity index (χ1n) is 7.56. The third-order valence-corrected chi connectivity index (χ3v) is 4.22. The Morgan fingerprint density at radius 2 is 1.60 bits per heavy atom. The summed E-state index contributed by atoms with van der Waals surface area (Å²) in [6.45, 7) is 0.344. The molecular formula is C20H14BrClO3. The molecule has 0 fully saturated rings. The van der Waals surface area contributed by atoms with Gasteiger partial charge in [0.15, 0.2) is 11.5 Å². The number of halogens is 2. The van der Waals surface area contributed by atoms with E-state index in [-0.39, 0.29) is 5.75 Å².